The Morgan fingerprint density at radius 1 is 1.33 bits per heavy atom. The summed E-state index contributed by atoms with van der Waals surface area (Å²) >= 11 is 0. The SMILES string of the molecule is CCOCCNCCC1CCC1. The van der Waals surface area contributed by atoms with E-state index >= 15 is 0 Å². The molecule has 0 radical (unpaired) electrons. The van der Waals surface area contributed by atoms with Crippen LogP contribution in [0.15, 0.2) is 0 Å². The molecule has 2 nitrogen and oxygen atoms in total. The molecule has 72 valence electrons. The van der Waals surface area contributed by atoms with E-state index in [4.69, 9.17) is 4.74 Å². The Kier molecular flexibility index (Phi) is 5.37. The van der Waals surface area contributed by atoms with Crippen molar-refractivity contribution in [3.63, 3.8) is 0 Å². The highest BCUT2D eigenvalue weighted by atomic mass is 16.5. The Balaban J connectivity index is 1.70. The van der Waals surface area contributed by atoms with E-state index in [9.17, 15) is 0 Å². The summed E-state index contributed by atoms with van der Waals surface area (Å²) in [6.45, 7) is 5.93. The summed E-state index contributed by atoms with van der Waals surface area (Å²) in [5, 5.41) is 3.39. The predicted octanol–water partition coefficient (Wildman–Crippen LogP) is 1.80. The molecule has 0 atom stereocenters. The third-order valence-electron chi connectivity index (χ3n) is 2.58. The summed E-state index contributed by atoms with van der Waals surface area (Å²) < 4.78 is 5.22. The summed E-state index contributed by atoms with van der Waals surface area (Å²) in [5.74, 6) is 1.03. The van der Waals surface area contributed by atoms with Crippen LogP contribution in [0.25, 0.3) is 0 Å². The van der Waals surface area contributed by atoms with Crippen LogP contribution in [0.3, 0.4) is 0 Å². The molecule has 2 heteroatoms. The van der Waals surface area contributed by atoms with E-state index in [-0.39, 0.29) is 0 Å². The lowest BCUT2D eigenvalue weighted by molar-refractivity contribution is 0.148. The molecule has 0 unspecified atom stereocenters. The lowest BCUT2D eigenvalue weighted by Crippen LogP contribution is -2.24. The average molecular weight is 171 g/mol. The van der Waals surface area contributed by atoms with Gasteiger partial charge >= 0.3 is 0 Å². The number of ether oxygens (including phenoxy) is 1. The maximum Gasteiger partial charge on any atom is 0.0590 e. The first kappa shape index (κ1) is 10.0. The second-order valence-corrected chi connectivity index (χ2v) is 3.53. The van der Waals surface area contributed by atoms with E-state index in [1.807, 2.05) is 6.92 Å². The van der Waals surface area contributed by atoms with Crippen LogP contribution >= 0.6 is 0 Å². The van der Waals surface area contributed by atoms with Gasteiger partial charge in [-0.3, -0.25) is 0 Å². The zero-order valence-electron chi connectivity index (χ0n) is 8.14. The van der Waals surface area contributed by atoms with E-state index in [0.717, 1.165) is 25.7 Å². The monoisotopic (exact) mass is 171 g/mol. The van der Waals surface area contributed by atoms with Gasteiger partial charge in [0.1, 0.15) is 0 Å². The molecule has 12 heavy (non-hydrogen) atoms. The molecule has 1 N–H and O–H groups in total. The Hall–Kier alpha value is -0.0800. The van der Waals surface area contributed by atoms with Gasteiger partial charge in [0.15, 0.2) is 0 Å². The van der Waals surface area contributed by atoms with Crippen LogP contribution in [-0.2, 0) is 4.74 Å². The molecule has 0 spiro atoms. The van der Waals surface area contributed by atoms with Crippen LogP contribution in [0.1, 0.15) is 32.6 Å². The standard InChI is InChI=1S/C10H21NO/c1-2-12-9-8-11-7-6-10-4-3-5-10/h10-11H,2-9H2,1H3. The van der Waals surface area contributed by atoms with Crippen LogP contribution in [-0.4, -0.2) is 26.3 Å². The minimum atomic E-state index is 0.838. The highest BCUT2D eigenvalue weighted by Gasteiger charge is 2.15. The Bertz CT molecular complexity index is 102. The molecule has 1 aliphatic carbocycles. The molecule has 1 rings (SSSR count). The van der Waals surface area contributed by atoms with Crippen molar-refractivity contribution in [1.82, 2.24) is 5.32 Å². The molecule has 0 aromatic rings. The third-order valence-corrected chi connectivity index (χ3v) is 2.58. The fourth-order valence-corrected chi connectivity index (χ4v) is 1.50. The molecule has 0 aliphatic heterocycles. The van der Waals surface area contributed by atoms with Crippen molar-refractivity contribution in [3.8, 4) is 0 Å². The van der Waals surface area contributed by atoms with E-state index in [0.29, 0.717) is 0 Å². The molecule has 0 aromatic carbocycles. The fraction of sp³-hybridized carbons (Fsp3) is 1.00. The minimum Gasteiger partial charge on any atom is -0.380 e. The zero-order chi connectivity index (χ0) is 8.65. The lowest BCUT2D eigenvalue weighted by Gasteiger charge is -2.25. The van der Waals surface area contributed by atoms with Gasteiger partial charge in [-0.05, 0) is 25.8 Å². The highest BCUT2D eigenvalue weighted by Crippen LogP contribution is 2.28. The smallest absolute Gasteiger partial charge is 0.0590 e. The maximum absolute atomic E-state index is 5.22. The van der Waals surface area contributed by atoms with Crippen LogP contribution < -0.4 is 5.32 Å². The van der Waals surface area contributed by atoms with Gasteiger partial charge in [-0.1, -0.05) is 19.3 Å². The highest BCUT2D eigenvalue weighted by molar-refractivity contribution is 4.69. The zero-order valence-corrected chi connectivity index (χ0v) is 8.14. The lowest BCUT2D eigenvalue weighted by atomic mass is 9.83. The third kappa shape index (κ3) is 4.07. The van der Waals surface area contributed by atoms with Crippen LogP contribution in [0.2, 0.25) is 0 Å². The second-order valence-electron chi connectivity index (χ2n) is 3.53. The first-order valence-corrected chi connectivity index (χ1v) is 5.22. The van der Waals surface area contributed by atoms with E-state index in [1.54, 1.807) is 0 Å². The van der Waals surface area contributed by atoms with E-state index in [1.165, 1.54) is 32.2 Å². The van der Waals surface area contributed by atoms with E-state index < -0.39 is 0 Å². The summed E-state index contributed by atoms with van der Waals surface area (Å²) in [6.07, 6.45) is 5.76. The second kappa shape index (κ2) is 6.44. The quantitative estimate of drug-likeness (QED) is 0.590. The molecule has 0 bridgehead atoms. The first-order chi connectivity index (χ1) is 5.93. The van der Waals surface area contributed by atoms with Gasteiger partial charge in [0.25, 0.3) is 0 Å². The molecule has 0 saturated heterocycles. The van der Waals surface area contributed by atoms with Gasteiger partial charge in [-0.25, -0.2) is 0 Å². The normalized spacial score (nSPS) is 17.8. The van der Waals surface area contributed by atoms with Crippen molar-refractivity contribution in [2.45, 2.75) is 32.6 Å². The maximum atomic E-state index is 5.22. The van der Waals surface area contributed by atoms with Crippen molar-refractivity contribution in [2.24, 2.45) is 5.92 Å². The van der Waals surface area contributed by atoms with Gasteiger partial charge in [0.2, 0.25) is 0 Å². The Labute approximate surface area is 75.7 Å². The number of nitrogens with one attached hydrogen (secondary N) is 1. The van der Waals surface area contributed by atoms with Crippen molar-refractivity contribution >= 4 is 0 Å². The summed E-state index contributed by atoms with van der Waals surface area (Å²) in [5.41, 5.74) is 0. The van der Waals surface area contributed by atoms with Gasteiger partial charge < -0.3 is 10.1 Å². The number of hydrogen-bond acceptors (Lipinski definition) is 2. The van der Waals surface area contributed by atoms with Crippen LogP contribution in [0, 0.1) is 5.92 Å². The molecule has 1 saturated carbocycles. The fourth-order valence-electron chi connectivity index (χ4n) is 1.50. The van der Waals surface area contributed by atoms with Gasteiger partial charge in [0, 0.05) is 13.2 Å². The molecule has 0 heterocycles. The average Bonchev–Trinajstić information content (AvgIpc) is 2.00. The largest absolute Gasteiger partial charge is 0.380 e. The molecule has 1 fully saturated rings. The van der Waals surface area contributed by atoms with Crippen molar-refractivity contribution in [2.75, 3.05) is 26.3 Å². The predicted molar refractivity (Wildman–Crippen MR) is 51.3 cm³/mol. The number of rotatable bonds is 7. The van der Waals surface area contributed by atoms with Gasteiger partial charge in [-0.2, -0.15) is 0 Å². The molecular formula is C10H21NO. The molecule has 1 aliphatic rings. The summed E-state index contributed by atoms with van der Waals surface area (Å²) in [4.78, 5) is 0. The van der Waals surface area contributed by atoms with Crippen molar-refractivity contribution in [1.29, 1.82) is 0 Å². The van der Waals surface area contributed by atoms with Gasteiger partial charge in [0.05, 0.1) is 6.61 Å². The molecule has 0 aromatic heterocycles. The minimum absolute atomic E-state index is 0.838. The first-order valence-electron chi connectivity index (χ1n) is 5.22. The van der Waals surface area contributed by atoms with Crippen molar-refractivity contribution in [3.05, 3.63) is 0 Å². The van der Waals surface area contributed by atoms with Crippen LogP contribution in [0.4, 0.5) is 0 Å². The Morgan fingerprint density at radius 2 is 2.17 bits per heavy atom. The number of hydrogen-bond donors (Lipinski definition) is 1. The molecule has 0 amide bonds. The van der Waals surface area contributed by atoms with Crippen molar-refractivity contribution < 1.29 is 4.74 Å². The topological polar surface area (TPSA) is 21.3 Å². The summed E-state index contributed by atoms with van der Waals surface area (Å²) in [7, 11) is 0. The molecular weight excluding hydrogens is 150 g/mol. The summed E-state index contributed by atoms with van der Waals surface area (Å²) in [6, 6.07) is 0. The van der Waals surface area contributed by atoms with Crippen LogP contribution in [0.5, 0.6) is 0 Å². The Morgan fingerprint density at radius 3 is 2.75 bits per heavy atom. The van der Waals surface area contributed by atoms with Gasteiger partial charge in [-0.15, -0.1) is 0 Å². The van der Waals surface area contributed by atoms with E-state index in [2.05, 4.69) is 5.32 Å².